The zero-order valence-corrected chi connectivity index (χ0v) is 17.3. The minimum Gasteiger partial charge on any atom is -0.355 e. The number of hydrogen-bond donors (Lipinski definition) is 3. The number of carbonyl (C=O) groups excluding carboxylic acids is 2. The average molecular weight is 439 g/mol. The Morgan fingerprint density at radius 2 is 1.70 bits per heavy atom. The quantitative estimate of drug-likeness (QED) is 0.538. The maximum Gasteiger partial charge on any atom is 0.401 e. The van der Waals surface area contributed by atoms with Crippen molar-refractivity contribution in [3.8, 4) is 0 Å². The van der Waals surface area contributed by atoms with Crippen LogP contribution in [0.25, 0.3) is 0 Å². The molecule has 0 unspecified atom stereocenters. The highest BCUT2D eigenvalue weighted by Gasteiger charge is 2.32. The number of alkyl halides is 3. The second-order valence-corrected chi connectivity index (χ2v) is 6.96. The summed E-state index contributed by atoms with van der Waals surface area (Å²) >= 11 is 0. The lowest BCUT2D eigenvalue weighted by Gasteiger charge is -2.32. The van der Waals surface area contributed by atoms with Crippen LogP contribution in [-0.2, 0) is 9.59 Å². The van der Waals surface area contributed by atoms with Gasteiger partial charge in [0.05, 0.1) is 19.1 Å². The van der Waals surface area contributed by atoms with Gasteiger partial charge in [-0.15, -0.1) is 24.8 Å². The fourth-order valence-corrected chi connectivity index (χ4v) is 2.75. The highest BCUT2D eigenvalue weighted by atomic mass is 35.5. The van der Waals surface area contributed by atoms with Gasteiger partial charge in [0.2, 0.25) is 11.8 Å². The van der Waals surface area contributed by atoms with E-state index in [0.29, 0.717) is 38.4 Å². The van der Waals surface area contributed by atoms with Crippen molar-refractivity contribution in [3.05, 3.63) is 0 Å². The van der Waals surface area contributed by atoms with Gasteiger partial charge in [-0.1, -0.05) is 13.8 Å². The number of halogens is 5. The molecular weight excluding hydrogens is 408 g/mol. The molecule has 0 saturated carbocycles. The molecule has 0 aromatic heterocycles. The molecule has 1 atom stereocenters. The number of amides is 2. The third-order valence-electron chi connectivity index (χ3n) is 4.43. The predicted molar refractivity (Wildman–Crippen MR) is 103 cm³/mol. The first-order valence-corrected chi connectivity index (χ1v) is 8.67. The van der Waals surface area contributed by atoms with Crippen LogP contribution in [0.4, 0.5) is 13.2 Å². The number of likely N-dealkylation sites (tertiary alicyclic amines) is 1. The second kappa shape index (κ2) is 13.4. The first kappa shape index (κ1) is 28.4. The number of nitrogens with zero attached hydrogens (tertiary/aromatic N) is 1. The molecule has 6 nitrogen and oxygen atoms in total. The third kappa shape index (κ3) is 12.3. The Hall–Kier alpha value is -0.770. The van der Waals surface area contributed by atoms with E-state index in [1.54, 1.807) is 0 Å². The van der Waals surface area contributed by atoms with Gasteiger partial charge in [-0.05, 0) is 44.2 Å². The topological polar surface area (TPSA) is 87.5 Å². The van der Waals surface area contributed by atoms with Crippen molar-refractivity contribution in [3.63, 3.8) is 0 Å². The molecule has 27 heavy (non-hydrogen) atoms. The molecule has 0 aromatic rings. The number of nitrogens with one attached hydrogen (secondary N) is 2. The van der Waals surface area contributed by atoms with Crippen molar-refractivity contribution in [1.82, 2.24) is 15.5 Å². The van der Waals surface area contributed by atoms with E-state index in [4.69, 9.17) is 5.73 Å². The van der Waals surface area contributed by atoms with E-state index < -0.39 is 18.8 Å². The molecule has 0 aliphatic carbocycles. The SMILES string of the molecule is CC(C)[C@H](N)C(=O)NCC(=O)NCCC1CCN(CC(F)(F)F)CC1.Cl.Cl. The summed E-state index contributed by atoms with van der Waals surface area (Å²) in [6.45, 7) is 3.99. The summed E-state index contributed by atoms with van der Waals surface area (Å²) in [7, 11) is 0. The largest absolute Gasteiger partial charge is 0.401 e. The molecule has 0 radical (unpaired) electrons. The molecule has 4 N–H and O–H groups in total. The van der Waals surface area contributed by atoms with E-state index in [1.165, 1.54) is 4.90 Å². The maximum absolute atomic E-state index is 12.3. The molecule has 162 valence electrons. The van der Waals surface area contributed by atoms with Crippen LogP contribution in [-0.4, -0.2) is 61.7 Å². The van der Waals surface area contributed by atoms with Crippen LogP contribution in [0, 0.1) is 11.8 Å². The van der Waals surface area contributed by atoms with Gasteiger partial charge in [-0.25, -0.2) is 0 Å². The van der Waals surface area contributed by atoms with Crippen molar-refractivity contribution in [2.45, 2.75) is 45.3 Å². The molecule has 0 bridgehead atoms. The Kier molecular flexibility index (Phi) is 14.1. The number of hydrogen-bond acceptors (Lipinski definition) is 4. The van der Waals surface area contributed by atoms with Crippen molar-refractivity contribution >= 4 is 36.6 Å². The maximum atomic E-state index is 12.3. The molecule has 1 saturated heterocycles. The molecule has 1 aliphatic heterocycles. The van der Waals surface area contributed by atoms with Gasteiger partial charge in [0.15, 0.2) is 0 Å². The van der Waals surface area contributed by atoms with Gasteiger partial charge >= 0.3 is 6.18 Å². The summed E-state index contributed by atoms with van der Waals surface area (Å²) in [5, 5.41) is 5.21. The fraction of sp³-hybridized carbons (Fsp3) is 0.875. The van der Waals surface area contributed by atoms with Gasteiger partial charge in [0.1, 0.15) is 0 Å². The van der Waals surface area contributed by atoms with Gasteiger partial charge in [-0.3, -0.25) is 14.5 Å². The van der Waals surface area contributed by atoms with E-state index in [2.05, 4.69) is 10.6 Å². The molecule has 1 rings (SSSR count). The molecule has 11 heteroatoms. The van der Waals surface area contributed by atoms with Crippen LogP contribution in [0.1, 0.15) is 33.1 Å². The van der Waals surface area contributed by atoms with E-state index in [1.807, 2.05) is 13.8 Å². The van der Waals surface area contributed by atoms with Crippen LogP contribution in [0.3, 0.4) is 0 Å². The lowest BCUT2D eigenvalue weighted by Crippen LogP contribution is -2.47. The lowest BCUT2D eigenvalue weighted by atomic mass is 9.93. The molecule has 2 amide bonds. The molecule has 1 heterocycles. The summed E-state index contributed by atoms with van der Waals surface area (Å²) in [5.74, 6) is -0.346. The summed E-state index contributed by atoms with van der Waals surface area (Å²) in [6.07, 6.45) is -2.02. The van der Waals surface area contributed by atoms with Gasteiger partial charge < -0.3 is 16.4 Å². The van der Waals surface area contributed by atoms with Gasteiger partial charge in [-0.2, -0.15) is 13.2 Å². The van der Waals surface area contributed by atoms with Crippen molar-refractivity contribution in [1.29, 1.82) is 0 Å². The van der Waals surface area contributed by atoms with Crippen molar-refractivity contribution < 1.29 is 22.8 Å². The van der Waals surface area contributed by atoms with Crippen LogP contribution in [0.15, 0.2) is 0 Å². The highest BCUT2D eigenvalue weighted by molar-refractivity contribution is 5.87. The number of carbonyl (C=O) groups is 2. The third-order valence-corrected chi connectivity index (χ3v) is 4.43. The first-order chi connectivity index (χ1) is 11.6. The Labute approximate surface area is 171 Å². The van der Waals surface area contributed by atoms with E-state index >= 15 is 0 Å². The highest BCUT2D eigenvalue weighted by Crippen LogP contribution is 2.23. The van der Waals surface area contributed by atoms with Gasteiger partial charge in [0.25, 0.3) is 0 Å². The van der Waals surface area contributed by atoms with Gasteiger partial charge in [0, 0.05) is 6.54 Å². The molecular formula is C16H31Cl2F3N4O2. The van der Waals surface area contributed by atoms with Crippen molar-refractivity contribution in [2.75, 3.05) is 32.7 Å². The normalized spacial score (nSPS) is 16.9. The number of rotatable bonds is 8. The zero-order chi connectivity index (χ0) is 19.0. The Morgan fingerprint density at radius 3 is 2.19 bits per heavy atom. The minimum absolute atomic E-state index is 0. The van der Waals surface area contributed by atoms with Crippen LogP contribution < -0.4 is 16.4 Å². The first-order valence-electron chi connectivity index (χ1n) is 8.67. The molecule has 0 spiro atoms. The van der Waals surface area contributed by atoms with E-state index in [-0.39, 0.29) is 49.1 Å². The molecule has 1 aliphatic rings. The lowest BCUT2D eigenvalue weighted by molar-refractivity contribution is -0.148. The van der Waals surface area contributed by atoms with Crippen molar-refractivity contribution in [2.24, 2.45) is 17.6 Å². The van der Waals surface area contributed by atoms with Crippen LogP contribution >= 0.6 is 24.8 Å². The standard InChI is InChI=1S/C16H29F3N4O2.2ClH/c1-11(2)14(20)15(25)22-9-13(24)21-6-3-12-4-7-23(8-5-12)10-16(17,18)19;;/h11-12,14H,3-10,20H2,1-2H3,(H,21,24)(H,22,25);2*1H/t14-;;/m0../s1. The Morgan fingerprint density at radius 1 is 1.15 bits per heavy atom. The summed E-state index contributed by atoms with van der Waals surface area (Å²) in [4.78, 5) is 24.7. The Balaban J connectivity index is 0. The smallest absolute Gasteiger partial charge is 0.355 e. The zero-order valence-electron chi connectivity index (χ0n) is 15.7. The number of piperidine rings is 1. The number of nitrogens with two attached hydrogens (primary N) is 1. The molecule has 0 aromatic carbocycles. The minimum atomic E-state index is -4.15. The van der Waals surface area contributed by atoms with E-state index in [9.17, 15) is 22.8 Å². The van der Waals surface area contributed by atoms with Crippen LogP contribution in [0.5, 0.6) is 0 Å². The van der Waals surface area contributed by atoms with E-state index in [0.717, 1.165) is 6.42 Å². The predicted octanol–water partition coefficient (Wildman–Crippen LogP) is 1.71. The van der Waals surface area contributed by atoms with Crippen LogP contribution in [0.2, 0.25) is 0 Å². The summed E-state index contributed by atoms with van der Waals surface area (Å²) in [6, 6.07) is -0.644. The Bertz CT molecular complexity index is 446. The monoisotopic (exact) mass is 438 g/mol. The second-order valence-electron chi connectivity index (χ2n) is 6.96. The molecule has 1 fully saturated rings. The summed E-state index contributed by atoms with van der Waals surface area (Å²) in [5.41, 5.74) is 5.68. The fourth-order valence-electron chi connectivity index (χ4n) is 2.75. The average Bonchev–Trinajstić information content (AvgIpc) is 2.52. The summed E-state index contributed by atoms with van der Waals surface area (Å²) < 4.78 is 37.0.